The minimum atomic E-state index is -1.06. The van der Waals surface area contributed by atoms with Crippen molar-refractivity contribution in [3.63, 3.8) is 0 Å². The first-order valence-electron chi connectivity index (χ1n) is 10.6. The number of epoxide rings is 1. The first-order chi connectivity index (χ1) is 14.3. The summed E-state index contributed by atoms with van der Waals surface area (Å²) in [5.74, 6) is -1.25. The van der Waals surface area contributed by atoms with Gasteiger partial charge in [0.2, 0.25) is 0 Å². The Morgan fingerprint density at radius 3 is 2.70 bits per heavy atom. The van der Waals surface area contributed by atoms with Gasteiger partial charge in [0.15, 0.2) is 0 Å². The summed E-state index contributed by atoms with van der Waals surface area (Å²) in [6, 6.07) is 1.79. The van der Waals surface area contributed by atoms with E-state index in [-0.39, 0.29) is 31.0 Å². The standard InChI is InChI=1S/C22H28O8/c1-12-7-18(25)21(10-28-13(2)23)16(3-4-17(24)22(21)11-29-22)20(12)8-15(30-19(20)26)14-5-6-27-9-14/h5-6,9,12,15-18,24-25H,3-4,7-8,10-11H2,1-2H3. The first-order valence-corrected chi connectivity index (χ1v) is 10.6. The largest absolute Gasteiger partial charge is 0.472 e. The molecule has 5 rings (SSSR count). The molecule has 2 saturated heterocycles. The SMILES string of the molecule is CC(=O)OCC12C(O)CC(C)C3(CC(c4ccoc4)OC3=O)C1CCC(O)C21CO1. The Morgan fingerprint density at radius 2 is 2.07 bits per heavy atom. The van der Waals surface area contributed by atoms with Crippen molar-refractivity contribution in [2.45, 2.75) is 63.4 Å². The number of carbonyl (C=O) groups is 2. The van der Waals surface area contributed by atoms with Gasteiger partial charge >= 0.3 is 11.9 Å². The van der Waals surface area contributed by atoms with Crippen LogP contribution in [0.2, 0.25) is 0 Å². The summed E-state index contributed by atoms with van der Waals surface area (Å²) in [6.07, 6.45) is 2.81. The van der Waals surface area contributed by atoms with Crippen molar-refractivity contribution >= 4 is 11.9 Å². The van der Waals surface area contributed by atoms with Gasteiger partial charge in [0.25, 0.3) is 0 Å². The summed E-state index contributed by atoms with van der Waals surface area (Å²) >= 11 is 0. The third-order valence-electron chi connectivity index (χ3n) is 8.39. The minimum absolute atomic E-state index is 0.0939. The fourth-order valence-electron chi connectivity index (χ4n) is 6.83. The summed E-state index contributed by atoms with van der Waals surface area (Å²) in [6.45, 7) is 3.47. The number of hydrogen-bond donors (Lipinski definition) is 2. The number of hydrogen-bond acceptors (Lipinski definition) is 8. The van der Waals surface area contributed by atoms with Crippen LogP contribution in [-0.4, -0.2) is 53.2 Å². The van der Waals surface area contributed by atoms with Gasteiger partial charge in [-0.25, -0.2) is 0 Å². The Kier molecular flexibility index (Phi) is 4.37. The molecule has 0 radical (unpaired) electrons. The fraction of sp³-hybridized carbons (Fsp3) is 0.727. The van der Waals surface area contributed by atoms with Crippen molar-refractivity contribution in [1.82, 2.24) is 0 Å². The number of carbonyl (C=O) groups excluding carboxylic acids is 2. The molecule has 2 aliphatic carbocycles. The van der Waals surface area contributed by atoms with E-state index < -0.39 is 40.7 Å². The number of aliphatic hydroxyl groups excluding tert-OH is 2. The smallest absolute Gasteiger partial charge is 0.313 e. The molecular formula is C22H28O8. The zero-order valence-electron chi connectivity index (χ0n) is 17.2. The minimum Gasteiger partial charge on any atom is -0.472 e. The van der Waals surface area contributed by atoms with E-state index in [1.54, 1.807) is 18.6 Å². The van der Waals surface area contributed by atoms with Crippen LogP contribution in [0.25, 0.3) is 0 Å². The molecule has 8 heteroatoms. The number of ether oxygens (including phenoxy) is 3. The van der Waals surface area contributed by atoms with Gasteiger partial charge < -0.3 is 28.8 Å². The number of esters is 2. The van der Waals surface area contributed by atoms with Crippen LogP contribution in [0.1, 0.15) is 51.2 Å². The summed E-state index contributed by atoms with van der Waals surface area (Å²) in [5.41, 5.74) is -2.13. The van der Waals surface area contributed by atoms with Crippen LogP contribution in [0.4, 0.5) is 0 Å². The van der Waals surface area contributed by atoms with E-state index in [1.165, 1.54) is 6.92 Å². The number of cyclic esters (lactones) is 1. The van der Waals surface area contributed by atoms with E-state index in [0.29, 0.717) is 25.7 Å². The maximum absolute atomic E-state index is 13.5. The molecule has 0 aromatic carbocycles. The lowest BCUT2D eigenvalue weighted by Gasteiger charge is -2.61. The van der Waals surface area contributed by atoms with Crippen LogP contribution in [0.5, 0.6) is 0 Å². The molecule has 30 heavy (non-hydrogen) atoms. The van der Waals surface area contributed by atoms with Gasteiger partial charge in [-0.1, -0.05) is 6.92 Å². The molecule has 2 spiro atoms. The van der Waals surface area contributed by atoms with E-state index in [2.05, 4.69) is 0 Å². The van der Waals surface area contributed by atoms with E-state index in [9.17, 15) is 19.8 Å². The lowest BCUT2D eigenvalue weighted by atomic mass is 9.42. The Hall–Kier alpha value is -1.90. The van der Waals surface area contributed by atoms with Crippen molar-refractivity contribution in [1.29, 1.82) is 0 Å². The zero-order valence-corrected chi connectivity index (χ0v) is 17.2. The van der Waals surface area contributed by atoms with E-state index >= 15 is 0 Å². The van der Waals surface area contributed by atoms with Gasteiger partial charge in [0.1, 0.15) is 18.3 Å². The Bertz CT molecular complexity index is 845. The van der Waals surface area contributed by atoms with Crippen LogP contribution >= 0.6 is 0 Å². The molecule has 2 N–H and O–H groups in total. The van der Waals surface area contributed by atoms with E-state index in [0.717, 1.165) is 5.56 Å². The fourth-order valence-corrected chi connectivity index (χ4v) is 6.83. The molecule has 2 aliphatic heterocycles. The maximum Gasteiger partial charge on any atom is 0.313 e. The topological polar surface area (TPSA) is 119 Å². The van der Waals surface area contributed by atoms with Crippen LogP contribution in [0, 0.1) is 22.7 Å². The summed E-state index contributed by atoms with van der Waals surface area (Å²) in [7, 11) is 0. The predicted octanol–water partition coefficient (Wildman–Crippen LogP) is 1.74. The van der Waals surface area contributed by atoms with Crippen LogP contribution in [0.15, 0.2) is 23.0 Å². The predicted molar refractivity (Wildman–Crippen MR) is 101 cm³/mol. The van der Waals surface area contributed by atoms with Crippen LogP contribution < -0.4 is 0 Å². The van der Waals surface area contributed by atoms with Crippen molar-refractivity contribution in [2.24, 2.45) is 22.7 Å². The van der Waals surface area contributed by atoms with Gasteiger partial charge in [-0.2, -0.15) is 0 Å². The number of fused-ring (bicyclic) bond motifs is 3. The van der Waals surface area contributed by atoms with Gasteiger partial charge in [-0.3, -0.25) is 9.59 Å². The third-order valence-corrected chi connectivity index (χ3v) is 8.39. The highest BCUT2D eigenvalue weighted by Gasteiger charge is 2.79. The molecular weight excluding hydrogens is 392 g/mol. The second-order valence-corrected chi connectivity index (χ2v) is 9.49. The maximum atomic E-state index is 13.5. The molecule has 8 nitrogen and oxygen atoms in total. The van der Waals surface area contributed by atoms with Gasteiger partial charge in [-0.15, -0.1) is 0 Å². The van der Waals surface area contributed by atoms with Crippen molar-refractivity contribution in [3.8, 4) is 0 Å². The third kappa shape index (κ3) is 2.38. The molecule has 3 heterocycles. The van der Waals surface area contributed by atoms with Crippen molar-refractivity contribution in [3.05, 3.63) is 24.2 Å². The average Bonchev–Trinajstić information content (AvgIpc) is 3.16. The number of rotatable bonds is 3. The molecule has 8 unspecified atom stereocenters. The highest BCUT2D eigenvalue weighted by molar-refractivity contribution is 5.81. The van der Waals surface area contributed by atoms with E-state index in [1.807, 2.05) is 6.92 Å². The summed E-state index contributed by atoms with van der Waals surface area (Å²) in [5, 5.41) is 22.2. The quantitative estimate of drug-likeness (QED) is 0.561. The number of furan rings is 1. The summed E-state index contributed by atoms with van der Waals surface area (Å²) in [4.78, 5) is 25.2. The number of aliphatic hydroxyl groups is 2. The normalized spacial score (nSPS) is 47.2. The molecule has 4 aliphatic rings. The lowest BCUT2D eigenvalue weighted by Crippen LogP contribution is -2.70. The van der Waals surface area contributed by atoms with Gasteiger partial charge in [0, 0.05) is 18.9 Å². The van der Waals surface area contributed by atoms with Crippen molar-refractivity contribution < 1.29 is 38.4 Å². The zero-order chi connectivity index (χ0) is 21.3. The second-order valence-electron chi connectivity index (χ2n) is 9.49. The Balaban J connectivity index is 1.61. The molecule has 1 aromatic rings. The van der Waals surface area contributed by atoms with Gasteiger partial charge in [0.05, 0.1) is 42.2 Å². The lowest BCUT2D eigenvalue weighted by molar-refractivity contribution is -0.237. The molecule has 8 atom stereocenters. The average molecular weight is 420 g/mol. The summed E-state index contributed by atoms with van der Waals surface area (Å²) < 4.78 is 22.3. The Labute approximate surface area is 174 Å². The second kappa shape index (κ2) is 6.55. The first kappa shape index (κ1) is 20.0. The molecule has 0 amide bonds. The highest BCUT2D eigenvalue weighted by Crippen LogP contribution is 2.70. The Morgan fingerprint density at radius 1 is 1.30 bits per heavy atom. The molecule has 164 valence electrons. The molecule has 2 saturated carbocycles. The van der Waals surface area contributed by atoms with Crippen LogP contribution in [-0.2, 0) is 23.8 Å². The monoisotopic (exact) mass is 420 g/mol. The van der Waals surface area contributed by atoms with Crippen molar-refractivity contribution in [2.75, 3.05) is 13.2 Å². The molecule has 4 fully saturated rings. The molecule has 0 bridgehead atoms. The van der Waals surface area contributed by atoms with E-state index in [4.69, 9.17) is 18.6 Å². The van der Waals surface area contributed by atoms with Crippen LogP contribution in [0.3, 0.4) is 0 Å². The molecule has 1 aromatic heterocycles. The van der Waals surface area contributed by atoms with Gasteiger partial charge in [-0.05, 0) is 37.2 Å². The highest BCUT2D eigenvalue weighted by atomic mass is 16.6.